The fraction of sp³-hybridized carbons (Fsp3) is 0.238. The van der Waals surface area contributed by atoms with E-state index in [-0.39, 0.29) is 17.2 Å². The second-order valence-corrected chi connectivity index (χ2v) is 8.66. The quantitative estimate of drug-likeness (QED) is 0.661. The minimum absolute atomic E-state index is 0.103. The van der Waals surface area contributed by atoms with Crippen LogP contribution < -0.4 is 10.6 Å². The van der Waals surface area contributed by atoms with Crippen molar-refractivity contribution in [2.75, 3.05) is 10.6 Å². The highest BCUT2D eigenvalue weighted by atomic mass is 32.1. The SMILES string of the molecule is CC(C)(C)Cc1nnc(NC(=O)c2cccc(NC(=O)c3ccccc3)c2)s1. The number of amides is 2. The van der Waals surface area contributed by atoms with Gasteiger partial charge < -0.3 is 5.32 Å². The molecular weight excluding hydrogens is 372 g/mol. The number of aromatic nitrogens is 2. The highest BCUT2D eigenvalue weighted by Crippen LogP contribution is 2.25. The van der Waals surface area contributed by atoms with E-state index in [0.29, 0.717) is 21.9 Å². The standard InChI is InChI=1S/C21H22N4O2S/c1-21(2,3)13-17-24-25-20(28-17)23-19(27)15-10-7-11-16(12-15)22-18(26)14-8-5-4-6-9-14/h4-12H,13H2,1-3H3,(H,22,26)(H,23,25,27). The highest BCUT2D eigenvalue weighted by molar-refractivity contribution is 7.15. The van der Waals surface area contributed by atoms with Gasteiger partial charge in [-0.3, -0.25) is 14.9 Å². The Labute approximate surface area is 168 Å². The van der Waals surface area contributed by atoms with Crippen molar-refractivity contribution in [2.24, 2.45) is 5.41 Å². The van der Waals surface area contributed by atoms with Gasteiger partial charge in [0.2, 0.25) is 5.13 Å². The Balaban J connectivity index is 1.66. The van der Waals surface area contributed by atoms with Crippen LogP contribution in [-0.4, -0.2) is 22.0 Å². The summed E-state index contributed by atoms with van der Waals surface area (Å²) in [5, 5.41) is 15.1. The predicted molar refractivity (Wildman–Crippen MR) is 112 cm³/mol. The Morgan fingerprint density at radius 1 is 0.893 bits per heavy atom. The zero-order valence-corrected chi connectivity index (χ0v) is 16.8. The molecule has 0 fully saturated rings. The molecule has 2 aromatic carbocycles. The van der Waals surface area contributed by atoms with Crippen LogP contribution in [0.3, 0.4) is 0 Å². The summed E-state index contributed by atoms with van der Waals surface area (Å²) in [7, 11) is 0. The van der Waals surface area contributed by atoms with Gasteiger partial charge in [0.25, 0.3) is 11.8 Å². The van der Waals surface area contributed by atoms with Crippen molar-refractivity contribution in [1.29, 1.82) is 0 Å². The molecule has 2 amide bonds. The topological polar surface area (TPSA) is 84.0 Å². The van der Waals surface area contributed by atoms with E-state index < -0.39 is 0 Å². The van der Waals surface area contributed by atoms with Crippen molar-refractivity contribution in [2.45, 2.75) is 27.2 Å². The molecule has 6 nitrogen and oxygen atoms in total. The zero-order chi connectivity index (χ0) is 20.1. The summed E-state index contributed by atoms with van der Waals surface area (Å²) in [6, 6.07) is 15.7. The molecule has 0 aliphatic heterocycles. The summed E-state index contributed by atoms with van der Waals surface area (Å²) in [6.45, 7) is 6.38. The lowest BCUT2D eigenvalue weighted by atomic mass is 9.93. The molecule has 1 aromatic heterocycles. The number of anilines is 2. The fourth-order valence-electron chi connectivity index (χ4n) is 2.53. The third kappa shape index (κ3) is 5.47. The normalized spacial score (nSPS) is 11.1. The third-order valence-electron chi connectivity index (χ3n) is 3.79. The molecular formula is C21H22N4O2S. The molecule has 0 saturated heterocycles. The van der Waals surface area contributed by atoms with Gasteiger partial charge >= 0.3 is 0 Å². The van der Waals surface area contributed by atoms with Crippen LogP contribution in [0.4, 0.5) is 10.8 Å². The van der Waals surface area contributed by atoms with Crippen LogP contribution in [0.25, 0.3) is 0 Å². The Kier molecular flexibility index (Phi) is 5.84. The molecule has 3 rings (SSSR count). The van der Waals surface area contributed by atoms with Gasteiger partial charge in [0.05, 0.1) is 0 Å². The van der Waals surface area contributed by atoms with Crippen LogP contribution in [0.1, 0.15) is 46.5 Å². The number of nitrogens with zero attached hydrogens (tertiary/aromatic N) is 2. The number of carbonyl (C=O) groups excluding carboxylic acids is 2. The summed E-state index contributed by atoms with van der Waals surface area (Å²) in [4.78, 5) is 24.8. The van der Waals surface area contributed by atoms with Crippen LogP contribution in [0.15, 0.2) is 54.6 Å². The molecule has 0 atom stereocenters. The van der Waals surface area contributed by atoms with Crippen molar-refractivity contribution >= 4 is 34.0 Å². The smallest absolute Gasteiger partial charge is 0.257 e. The van der Waals surface area contributed by atoms with E-state index in [9.17, 15) is 9.59 Å². The Hall–Kier alpha value is -3.06. The number of carbonyl (C=O) groups is 2. The molecule has 7 heteroatoms. The second kappa shape index (κ2) is 8.31. The average molecular weight is 395 g/mol. The Morgan fingerprint density at radius 3 is 2.29 bits per heavy atom. The van der Waals surface area contributed by atoms with E-state index in [0.717, 1.165) is 11.4 Å². The summed E-state index contributed by atoms with van der Waals surface area (Å²) in [5.41, 5.74) is 1.63. The summed E-state index contributed by atoms with van der Waals surface area (Å²) in [5.74, 6) is -0.525. The summed E-state index contributed by atoms with van der Waals surface area (Å²) in [6.07, 6.45) is 0.793. The van der Waals surface area contributed by atoms with Crippen molar-refractivity contribution in [3.63, 3.8) is 0 Å². The first-order valence-corrected chi connectivity index (χ1v) is 9.72. The van der Waals surface area contributed by atoms with E-state index in [4.69, 9.17) is 0 Å². The maximum absolute atomic E-state index is 12.5. The number of hydrogen-bond donors (Lipinski definition) is 2. The molecule has 1 heterocycles. The molecule has 0 unspecified atom stereocenters. The van der Waals surface area contributed by atoms with Gasteiger partial charge in [0, 0.05) is 23.2 Å². The second-order valence-electron chi connectivity index (χ2n) is 7.59. The van der Waals surface area contributed by atoms with Gasteiger partial charge in [-0.1, -0.05) is 56.4 Å². The van der Waals surface area contributed by atoms with Crippen LogP contribution in [-0.2, 0) is 6.42 Å². The molecule has 0 aliphatic carbocycles. The first-order valence-electron chi connectivity index (χ1n) is 8.90. The highest BCUT2D eigenvalue weighted by Gasteiger charge is 2.16. The lowest BCUT2D eigenvalue weighted by molar-refractivity contribution is 0.101. The molecule has 2 N–H and O–H groups in total. The van der Waals surface area contributed by atoms with E-state index >= 15 is 0 Å². The van der Waals surface area contributed by atoms with E-state index in [1.807, 2.05) is 6.07 Å². The predicted octanol–water partition coefficient (Wildman–Crippen LogP) is 4.63. The first kappa shape index (κ1) is 19.7. The number of hydrogen-bond acceptors (Lipinski definition) is 5. The van der Waals surface area contributed by atoms with Crippen LogP contribution in [0, 0.1) is 5.41 Å². The minimum Gasteiger partial charge on any atom is -0.322 e. The number of rotatable bonds is 5. The summed E-state index contributed by atoms with van der Waals surface area (Å²) >= 11 is 1.37. The van der Waals surface area contributed by atoms with Crippen molar-refractivity contribution in [3.8, 4) is 0 Å². The van der Waals surface area contributed by atoms with Gasteiger partial charge in [0.1, 0.15) is 5.01 Å². The maximum atomic E-state index is 12.5. The fourth-order valence-corrected chi connectivity index (χ4v) is 3.56. The number of nitrogens with one attached hydrogen (secondary N) is 2. The van der Waals surface area contributed by atoms with Crippen molar-refractivity contribution < 1.29 is 9.59 Å². The lowest BCUT2D eigenvalue weighted by Gasteiger charge is -2.14. The monoisotopic (exact) mass is 394 g/mol. The van der Waals surface area contributed by atoms with Crippen LogP contribution in [0.5, 0.6) is 0 Å². The largest absolute Gasteiger partial charge is 0.322 e. The van der Waals surface area contributed by atoms with Gasteiger partial charge in [-0.15, -0.1) is 10.2 Å². The first-order chi connectivity index (χ1) is 13.3. The molecule has 0 radical (unpaired) electrons. The molecule has 0 saturated carbocycles. The van der Waals surface area contributed by atoms with Gasteiger partial charge in [-0.05, 0) is 35.7 Å². The Morgan fingerprint density at radius 2 is 1.57 bits per heavy atom. The van der Waals surface area contributed by atoms with E-state index in [2.05, 4.69) is 41.6 Å². The molecule has 0 spiro atoms. The van der Waals surface area contributed by atoms with Gasteiger partial charge in [-0.25, -0.2) is 0 Å². The van der Waals surface area contributed by atoms with Gasteiger partial charge in [-0.2, -0.15) is 0 Å². The molecule has 0 aliphatic rings. The van der Waals surface area contributed by atoms with Crippen LogP contribution in [0.2, 0.25) is 0 Å². The lowest BCUT2D eigenvalue weighted by Crippen LogP contribution is -2.14. The Bertz CT molecular complexity index is 977. The maximum Gasteiger partial charge on any atom is 0.257 e. The van der Waals surface area contributed by atoms with E-state index in [1.54, 1.807) is 48.5 Å². The minimum atomic E-state index is -0.297. The van der Waals surface area contributed by atoms with Gasteiger partial charge in [0.15, 0.2) is 0 Å². The van der Waals surface area contributed by atoms with Crippen molar-refractivity contribution in [3.05, 3.63) is 70.7 Å². The van der Waals surface area contributed by atoms with Crippen molar-refractivity contribution in [1.82, 2.24) is 10.2 Å². The summed E-state index contributed by atoms with van der Waals surface area (Å²) < 4.78 is 0. The molecule has 144 valence electrons. The molecule has 0 bridgehead atoms. The third-order valence-corrected chi connectivity index (χ3v) is 4.63. The zero-order valence-electron chi connectivity index (χ0n) is 16.0. The van der Waals surface area contributed by atoms with Crippen LogP contribution >= 0.6 is 11.3 Å². The average Bonchev–Trinajstić information content (AvgIpc) is 3.07. The number of benzene rings is 2. The molecule has 28 heavy (non-hydrogen) atoms. The molecule has 3 aromatic rings. The van der Waals surface area contributed by atoms with E-state index in [1.165, 1.54) is 11.3 Å².